The van der Waals surface area contributed by atoms with E-state index in [9.17, 15) is 14.7 Å². The third kappa shape index (κ3) is 2.84. The molecule has 0 saturated heterocycles. The standard InChI is InChI=1S/C30H48O3/c1-19-20(32)16-21(33)24-27(19,4)9-8-22-28(24,5)13-15-30(7)23-17-25(2,18-31)10-11-26(23,3)12-14-29(22,30)6/h19,22-24,31H,8-18H2,1-7H3/t19-,22-,23+,24+,25+,26+,27+,28+,29+,30-/m0/s1. The first-order valence-electron chi connectivity index (χ1n) is 13.9. The normalized spacial score (nSPS) is 58.7. The Hall–Kier alpha value is -0.700. The van der Waals surface area contributed by atoms with Gasteiger partial charge in [-0.2, -0.15) is 0 Å². The van der Waals surface area contributed by atoms with Gasteiger partial charge in [0.15, 0.2) is 0 Å². The van der Waals surface area contributed by atoms with Crippen LogP contribution in [0.4, 0.5) is 0 Å². The number of hydrogen-bond donors (Lipinski definition) is 1. The lowest BCUT2D eigenvalue weighted by molar-refractivity contribution is -0.253. The molecule has 10 atom stereocenters. The van der Waals surface area contributed by atoms with E-state index in [-0.39, 0.29) is 56.9 Å². The summed E-state index contributed by atoms with van der Waals surface area (Å²) in [4.78, 5) is 26.3. The van der Waals surface area contributed by atoms with Crippen LogP contribution in [0.3, 0.4) is 0 Å². The maximum atomic E-state index is 13.5. The van der Waals surface area contributed by atoms with E-state index >= 15 is 0 Å². The fourth-order valence-electron chi connectivity index (χ4n) is 11.1. The van der Waals surface area contributed by atoms with Crippen LogP contribution in [-0.2, 0) is 9.59 Å². The maximum absolute atomic E-state index is 13.5. The Morgan fingerprint density at radius 2 is 1.36 bits per heavy atom. The largest absolute Gasteiger partial charge is 0.396 e. The van der Waals surface area contributed by atoms with Crippen molar-refractivity contribution in [3.8, 4) is 0 Å². The molecule has 186 valence electrons. The average molecular weight is 457 g/mol. The number of carbonyl (C=O) groups excluding carboxylic acids is 2. The van der Waals surface area contributed by atoms with Crippen LogP contribution in [0.15, 0.2) is 0 Å². The van der Waals surface area contributed by atoms with E-state index in [0.29, 0.717) is 23.9 Å². The summed E-state index contributed by atoms with van der Waals surface area (Å²) in [7, 11) is 0. The minimum Gasteiger partial charge on any atom is -0.396 e. The predicted molar refractivity (Wildman–Crippen MR) is 132 cm³/mol. The third-order valence-electron chi connectivity index (χ3n) is 13.7. The summed E-state index contributed by atoms with van der Waals surface area (Å²) in [6.45, 7) is 17.1. The van der Waals surface area contributed by atoms with Crippen LogP contribution < -0.4 is 0 Å². The van der Waals surface area contributed by atoms with E-state index in [2.05, 4.69) is 48.5 Å². The van der Waals surface area contributed by atoms with Gasteiger partial charge in [0.2, 0.25) is 0 Å². The average Bonchev–Trinajstić information content (AvgIpc) is 2.75. The molecule has 5 aliphatic carbocycles. The van der Waals surface area contributed by atoms with Gasteiger partial charge in [-0.05, 0) is 102 Å². The van der Waals surface area contributed by atoms with E-state index in [1.165, 1.54) is 25.7 Å². The summed E-state index contributed by atoms with van der Waals surface area (Å²) in [6, 6.07) is 0. The molecule has 3 nitrogen and oxygen atoms in total. The highest BCUT2D eigenvalue weighted by Crippen LogP contribution is 2.78. The second-order valence-electron chi connectivity index (χ2n) is 15.1. The molecule has 0 aromatic carbocycles. The number of Topliss-reactive ketones (excluding diaryl/α,β-unsaturated/α-hetero) is 2. The Morgan fingerprint density at radius 3 is 2.03 bits per heavy atom. The zero-order valence-electron chi connectivity index (χ0n) is 22.4. The monoisotopic (exact) mass is 456 g/mol. The van der Waals surface area contributed by atoms with Crippen molar-refractivity contribution in [3.05, 3.63) is 0 Å². The van der Waals surface area contributed by atoms with Gasteiger partial charge < -0.3 is 5.11 Å². The molecule has 1 N–H and O–H groups in total. The molecular weight excluding hydrogens is 408 g/mol. The van der Waals surface area contributed by atoms with Crippen molar-refractivity contribution in [2.45, 2.75) is 113 Å². The van der Waals surface area contributed by atoms with Crippen molar-refractivity contribution in [1.29, 1.82) is 0 Å². The van der Waals surface area contributed by atoms with E-state index in [4.69, 9.17) is 0 Å². The van der Waals surface area contributed by atoms with Crippen LogP contribution in [-0.4, -0.2) is 23.3 Å². The topological polar surface area (TPSA) is 54.4 Å². The molecule has 33 heavy (non-hydrogen) atoms. The fourth-order valence-corrected chi connectivity index (χ4v) is 11.1. The molecule has 0 bridgehead atoms. The Labute approximate surface area is 201 Å². The van der Waals surface area contributed by atoms with Gasteiger partial charge in [-0.25, -0.2) is 0 Å². The molecule has 0 unspecified atom stereocenters. The quantitative estimate of drug-likeness (QED) is 0.452. The highest BCUT2D eigenvalue weighted by atomic mass is 16.3. The Bertz CT molecular complexity index is 880. The van der Waals surface area contributed by atoms with Crippen molar-refractivity contribution < 1.29 is 14.7 Å². The van der Waals surface area contributed by atoms with Crippen LogP contribution in [0.2, 0.25) is 0 Å². The van der Waals surface area contributed by atoms with Gasteiger partial charge in [0.1, 0.15) is 11.6 Å². The lowest BCUT2D eigenvalue weighted by atomic mass is 9.30. The van der Waals surface area contributed by atoms with Crippen LogP contribution in [0.5, 0.6) is 0 Å². The fraction of sp³-hybridized carbons (Fsp3) is 0.933. The molecule has 0 aromatic heterocycles. The number of fused-ring (bicyclic) bond motifs is 7. The number of hydrogen-bond acceptors (Lipinski definition) is 3. The summed E-state index contributed by atoms with van der Waals surface area (Å²) in [6.07, 6.45) is 10.7. The summed E-state index contributed by atoms with van der Waals surface area (Å²) in [5, 5.41) is 10.3. The van der Waals surface area contributed by atoms with Crippen LogP contribution in [0.25, 0.3) is 0 Å². The minimum atomic E-state index is -0.175. The first-order valence-corrected chi connectivity index (χ1v) is 13.9. The van der Waals surface area contributed by atoms with Gasteiger partial charge in [0.25, 0.3) is 0 Å². The molecule has 0 heterocycles. The molecule has 5 rings (SSSR count). The summed E-state index contributed by atoms with van der Waals surface area (Å²) in [5.74, 6) is 1.61. The van der Waals surface area contributed by atoms with Gasteiger partial charge in [-0.1, -0.05) is 48.5 Å². The van der Waals surface area contributed by atoms with Gasteiger partial charge in [0, 0.05) is 18.4 Å². The molecule has 5 saturated carbocycles. The Kier molecular flexibility index (Phi) is 5.06. The van der Waals surface area contributed by atoms with Crippen LogP contribution >= 0.6 is 0 Å². The van der Waals surface area contributed by atoms with Gasteiger partial charge in [-0.15, -0.1) is 0 Å². The molecule has 0 aromatic rings. The van der Waals surface area contributed by atoms with Crippen molar-refractivity contribution in [2.75, 3.05) is 6.61 Å². The first kappa shape index (κ1) is 24.0. The SMILES string of the molecule is C[C@H]1C(=O)CC(=O)[C@@H]2[C@]1(C)CC[C@H]1[C@@]2(C)CC[C@@]2(C)[C@@H]3C[C@](C)(CO)CC[C@]3(C)CC[C@]12C. The van der Waals surface area contributed by atoms with Crippen molar-refractivity contribution in [3.63, 3.8) is 0 Å². The highest BCUT2D eigenvalue weighted by molar-refractivity contribution is 6.04. The Balaban J connectivity index is 1.57. The third-order valence-corrected chi connectivity index (χ3v) is 13.7. The molecule has 3 heteroatoms. The summed E-state index contributed by atoms with van der Waals surface area (Å²) in [5.41, 5.74) is 0.702. The Morgan fingerprint density at radius 1 is 0.758 bits per heavy atom. The molecule has 0 radical (unpaired) electrons. The molecule has 5 aliphatic rings. The number of aliphatic hydroxyl groups is 1. The number of rotatable bonds is 1. The minimum absolute atomic E-state index is 0.00246. The smallest absolute Gasteiger partial charge is 0.144 e. The lowest BCUT2D eigenvalue weighted by Crippen LogP contribution is -2.69. The summed E-state index contributed by atoms with van der Waals surface area (Å²) < 4.78 is 0. The second-order valence-corrected chi connectivity index (χ2v) is 15.1. The molecule has 0 spiro atoms. The van der Waals surface area contributed by atoms with Crippen LogP contribution in [0, 0.1) is 56.2 Å². The van der Waals surface area contributed by atoms with E-state index in [1.807, 2.05) is 0 Å². The molecular formula is C30H48O3. The maximum Gasteiger partial charge on any atom is 0.144 e. The van der Waals surface area contributed by atoms with Crippen LogP contribution in [0.1, 0.15) is 113 Å². The van der Waals surface area contributed by atoms with Gasteiger partial charge >= 0.3 is 0 Å². The number of ketones is 2. The first-order chi connectivity index (χ1) is 15.2. The highest BCUT2D eigenvalue weighted by Gasteiger charge is 2.72. The van der Waals surface area contributed by atoms with Crippen molar-refractivity contribution in [1.82, 2.24) is 0 Å². The number of aliphatic hydroxyl groups excluding tert-OH is 1. The van der Waals surface area contributed by atoms with E-state index in [0.717, 1.165) is 32.1 Å². The summed E-state index contributed by atoms with van der Waals surface area (Å²) >= 11 is 0. The zero-order valence-corrected chi connectivity index (χ0v) is 22.4. The molecule has 0 aliphatic heterocycles. The van der Waals surface area contributed by atoms with Crippen molar-refractivity contribution in [2.24, 2.45) is 56.2 Å². The second kappa shape index (κ2) is 6.95. The van der Waals surface area contributed by atoms with Gasteiger partial charge in [-0.3, -0.25) is 9.59 Å². The lowest BCUT2D eigenvalue weighted by Gasteiger charge is -2.74. The predicted octanol–water partition coefficient (Wildman–Crippen LogP) is 6.61. The van der Waals surface area contributed by atoms with Crippen molar-refractivity contribution >= 4 is 11.6 Å². The van der Waals surface area contributed by atoms with E-state index < -0.39 is 0 Å². The van der Waals surface area contributed by atoms with E-state index in [1.54, 1.807) is 0 Å². The molecule has 5 fully saturated rings. The molecule has 0 amide bonds. The van der Waals surface area contributed by atoms with Gasteiger partial charge in [0.05, 0.1) is 6.42 Å². The zero-order chi connectivity index (χ0) is 24.2. The number of carbonyl (C=O) groups is 2.